The van der Waals surface area contributed by atoms with Gasteiger partial charge in [0.15, 0.2) is 0 Å². The molecule has 5 rings (SSSR count). The zero-order valence-electron chi connectivity index (χ0n) is 25.3. The Bertz CT molecular complexity index is 1260. The van der Waals surface area contributed by atoms with Crippen LogP contribution in [0.3, 0.4) is 0 Å². The van der Waals surface area contributed by atoms with Gasteiger partial charge in [-0.05, 0) is 100 Å². The molecule has 228 valence electrons. The van der Waals surface area contributed by atoms with Gasteiger partial charge in [-0.25, -0.2) is 4.79 Å². The number of hydrogen-bond donors (Lipinski definition) is 2. The van der Waals surface area contributed by atoms with Crippen molar-refractivity contribution in [1.82, 2.24) is 15.5 Å². The second-order valence-corrected chi connectivity index (χ2v) is 12.7. The molecule has 3 aliphatic rings. The highest BCUT2D eigenvalue weighted by atomic mass is 35.5. The summed E-state index contributed by atoms with van der Waals surface area (Å²) in [6.07, 6.45) is 7.84. The van der Waals surface area contributed by atoms with Crippen molar-refractivity contribution in [3.8, 4) is 11.1 Å². The van der Waals surface area contributed by atoms with E-state index in [1.807, 2.05) is 19.2 Å². The van der Waals surface area contributed by atoms with Crippen molar-refractivity contribution in [2.45, 2.75) is 75.9 Å². The average molecular weight is 596 g/mol. The zero-order chi connectivity index (χ0) is 29.7. The van der Waals surface area contributed by atoms with Crippen LogP contribution in [0, 0.1) is 11.8 Å². The van der Waals surface area contributed by atoms with Gasteiger partial charge in [-0.2, -0.15) is 0 Å². The molecule has 7 nitrogen and oxygen atoms in total. The standard InChI is InChI=1S/C34H46ClN3O4/c1-4-24-9-5-10-27(21-24)30-28(11-6-12-29(30)35)34(18-7-19-37-32(40)41-3)33(42-34)17-8-20-38(23-33)31(39)26-15-13-25(14-16-26)22-36-2/h5-6,9-12,21,25-26,36H,4,7-8,13-20,22-23H2,1-3H3,(H,37,40)/t25?,26?,33-,34-/m1/s1. The molecule has 3 fully saturated rings. The second kappa shape index (κ2) is 13.4. The third-order valence-electron chi connectivity index (χ3n) is 9.75. The summed E-state index contributed by atoms with van der Waals surface area (Å²) in [5.41, 5.74) is 3.32. The summed E-state index contributed by atoms with van der Waals surface area (Å²) >= 11 is 6.96. The van der Waals surface area contributed by atoms with Gasteiger partial charge in [0.25, 0.3) is 0 Å². The molecule has 42 heavy (non-hydrogen) atoms. The third kappa shape index (κ3) is 6.20. The van der Waals surface area contributed by atoms with Gasteiger partial charge < -0.3 is 25.0 Å². The Balaban J connectivity index is 1.43. The average Bonchev–Trinajstić information content (AvgIpc) is 3.64. The SMILES string of the molecule is CCc1cccc(-c2c(Cl)cccc2[C@@]2(CCCNC(=O)OC)O[C@@]23CCCN(C(=O)C2CCC(CNC)CC2)C3)c1. The number of piperidine rings is 1. The molecule has 2 amide bonds. The van der Waals surface area contributed by atoms with E-state index in [-0.39, 0.29) is 11.8 Å². The summed E-state index contributed by atoms with van der Waals surface area (Å²) in [5, 5.41) is 6.81. The zero-order valence-corrected chi connectivity index (χ0v) is 26.1. The van der Waals surface area contributed by atoms with E-state index < -0.39 is 17.3 Å². The highest BCUT2D eigenvalue weighted by Crippen LogP contribution is 2.64. The van der Waals surface area contributed by atoms with Crippen LogP contribution >= 0.6 is 11.6 Å². The number of likely N-dealkylation sites (tertiary alicyclic amines) is 1. The Morgan fingerprint density at radius 1 is 1.14 bits per heavy atom. The predicted octanol–water partition coefficient (Wildman–Crippen LogP) is 6.32. The van der Waals surface area contributed by atoms with E-state index in [2.05, 4.69) is 52.8 Å². The van der Waals surface area contributed by atoms with E-state index in [1.54, 1.807) is 0 Å². The van der Waals surface area contributed by atoms with Gasteiger partial charge in [0.1, 0.15) is 11.2 Å². The first kappa shape index (κ1) is 30.8. The molecule has 1 spiro atoms. The summed E-state index contributed by atoms with van der Waals surface area (Å²) in [7, 11) is 3.38. The van der Waals surface area contributed by atoms with Crippen molar-refractivity contribution in [2.24, 2.45) is 11.8 Å². The lowest BCUT2D eigenvalue weighted by atomic mass is 9.75. The minimum absolute atomic E-state index is 0.101. The number of ether oxygens (including phenoxy) is 2. The van der Waals surface area contributed by atoms with E-state index >= 15 is 0 Å². The molecule has 2 heterocycles. The number of carbonyl (C=O) groups excluding carboxylic acids is 2. The number of rotatable bonds is 10. The Morgan fingerprint density at radius 2 is 1.93 bits per heavy atom. The van der Waals surface area contributed by atoms with Crippen LogP contribution in [-0.4, -0.2) is 62.8 Å². The summed E-state index contributed by atoms with van der Waals surface area (Å²) in [5.74, 6) is 1.05. The Hall–Kier alpha value is -2.61. The lowest BCUT2D eigenvalue weighted by molar-refractivity contribution is -0.139. The van der Waals surface area contributed by atoms with Gasteiger partial charge in [-0.1, -0.05) is 54.9 Å². The Morgan fingerprint density at radius 3 is 2.67 bits per heavy atom. The van der Waals surface area contributed by atoms with Crippen LogP contribution in [0.15, 0.2) is 42.5 Å². The van der Waals surface area contributed by atoms with Crippen molar-refractivity contribution >= 4 is 23.6 Å². The van der Waals surface area contributed by atoms with Crippen LogP contribution in [0.25, 0.3) is 11.1 Å². The van der Waals surface area contributed by atoms with Crippen molar-refractivity contribution < 1.29 is 19.1 Å². The first-order chi connectivity index (χ1) is 20.4. The molecule has 0 bridgehead atoms. The molecular weight excluding hydrogens is 550 g/mol. The summed E-state index contributed by atoms with van der Waals surface area (Å²) in [6, 6.07) is 14.7. The number of benzene rings is 2. The highest BCUT2D eigenvalue weighted by Gasteiger charge is 2.71. The number of alkyl carbamates (subject to hydrolysis) is 1. The normalized spacial score (nSPS) is 27.1. The number of aryl methyl sites for hydroxylation is 1. The molecule has 2 aromatic rings. The predicted molar refractivity (Wildman–Crippen MR) is 167 cm³/mol. The molecule has 2 aromatic carbocycles. The molecule has 2 saturated heterocycles. The topological polar surface area (TPSA) is 83.2 Å². The van der Waals surface area contributed by atoms with Crippen LogP contribution in [0.4, 0.5) is 4.79 Å². The van der Waals surface area contributed by atoms with Crippen LogP contribution in [0.1, 0.15) is 69.4 Å². The number of halogens is 1. The fraction of sp³-hybridized carbons (Fsp3) is 0.588. The van der Waals surface area contributed by atoms with Crippen molar-refractivity contribution in [3.05, 3.63) is 58.6 Å². The monoisotopic (exact) mass is 595 g/mol. The number of methoxy groups -OCH3 is 1. The number of hydrogen-bond acceptors (Lipinski definition) is 5. The molecule has 0 aromatic heterocycles. The minimum Gasteiger partial charge on any atom is -0.453 e. The summed E-state index contributed by atoms with van der Waals surface area (Å²) in [6.45, 7) is 5.03. The van der Waals surface area contributed by atoms with Crippen LogP contribution in [0.2, 0.25) is 5.02 Å². The number of carbonyl (C=O) groups is 2. The van der Waals surface area contributed by atoms with Crippen molar-refractivity contribution in [1.29, 1.82) is 0 Å². The van der Waals surface area contributed by atoms with E-state index in [0.717, 1.165) is 74.7 Å². The molecular formula is C34H46ClN3O4. The highest BCUT2D eigenvalue weighted by molar-refractivity contribution is 6.33. The van der Waals surface area contributed by atoms with Crippen molar-refractivity contribution in [3.63, 3.8) is 0 Å². The van der Waals surface area contributed by atoms with Gasteiger partial charge in [0.2, 0.25) is 5.91 Å². The number of amides is 2. The quantitative estimate of drug-likeness (QED) is 0.248. The van der Waals surface area contributed by atoms with Crippen LogP contribution < -0.4 is 10.6 Å². The van der Waals surface area contributed by atoms with Gasteiger partial charge in [-0.15, -0.1) is 0 Å². The first-order valence-corrected chi connectivity index (χ1v) is 16.1. The fourth-order valence-corrected chi connectivity index (χ4v) is 7.79. The molecule has 8 heteroatoms. The van der Waals surface area contributed by atoms with Crippen LogP contribution in [0.5, 0.6) is 0 Å². The number of epoxide rings is 1. The van der Waals surface area contributed by atoms with Gasteiger partial charge in [-0.3, -0.25) is 4.79 Å². The summed E-state index contributed by atoms with van der Waals surface area (Å²) < 4.78 is 11.7. The number of nitrogens with one attached hydrogen (secondary N) is 2. The fourth-order valence-electron chi connectivity index (χ4n) is 7.51. The molecule has 0 radical (unpaired) electrons. The first-order valence-electron chi connectivity index (χ1n) is 15.7. The van der Waals surface area contributed by atoms with E-state index in [0.29, 0.717) is 36.9 Å². The largest absolute Gasteiger partial charge is 0.453 e. The molecule has 1 aliphatic carbocycles. The maximum Gasteiger partial charge on any atom is 0.406 e. The molecule has 2 N–H and O–H groups in total. The smallest absolute Gasteiger partial charge is 0.406 e. The molecule has 2 atom stereocenters. The van der Waals surface area contributed by atoms with Crippen LogP contribution in [-0.2, 0) is 26.3 Å². The molecule has 2 aliphatic heterocycles. The van der Waals surface area contributed by atoms with E-state index in [9.17, 15) is 9.59 Å². The molecule has 0 unspecified atom stereocenters. The lowest BCUT2D eigenvalue weighted by Gasteiger charge is -2.37. The Kier molecular flexibility index (Phi) is 9.81. The maximum absolute atomic E-state index is 13.8. The van der Waals surface area contributed by atoms with Gasteiger partial charge in [0.05, 0.1) is 13.7 Å². The van der Waals surface area contributed by atoms with Gasteiger partial charge in [0, 0.05) is 29.6 Å². The lowest BCUT2D eigenvalue weighted by Crippen LogP contribution is -2.49. The second-order valence-electron chi connectivity index (χ2n) is 12.3. The Labute approximate surface area is 255 Å². The van der Waals surface area contributed by atoms with E-state index in [1.165, 1.54) is 12.7 Å². The van der Waals surface area contributed by atoms with Crippen molar-refractivity contribution in [2.75, 3.05) is 40.3 Å². The van der Waals surface area contributed by atoms with E-state index in [4.69, 9.17) is 21.1 Å². The third-order valence-corrected chi connectivity index (χ3v) is 10.1. The minimum atomic E-state index is -0.601. The molecule has 1 saturated carbocycles. The number of nitrogens with zero attached hydrogens (tertiary/aromatic N) is 1. The van der Waals surface area contributed by atoms with Gasteiger partial charge >= 0.3 is 6.09 Å². The maximum atomic E-state index is 13.8. The summed E-state index contributed by atoms with van der Waals surface area (Å²) in [4.78, 5) is 27.7.